The quantitative estimate of drug-likeness (QED) is 0.694. The van der Waals surface area contributed by atoms with Gasteiger partial charge >= 0.3 is 0 Å². The third-order valence-electron chi connectivity index (χ3n) is 5.52. The average molecular weight is 391 g/mol. The molecule has 3 heterocycles. The van der Waals surface area contributed by atoms with Crippen molar-refractivity contribution in [2.24, 2.45) is 5.73 Å². The van der Waals surface area contributed by atoms with Crippen molar-refractivity contribution in [1.29, 1.82) is 0 Å². The summed E-state index contributed by atoms with van der Waals surface area (Å²) in [7, 11) is 0. The van der Waals surface area contributed by atoms with Crippen LogP contribution in [0.25, 0.3) is 10.9 Å². The van der Waals surface area contributed by atoms with Crippen LogP contribution in [0.4, 0.5) is 0 Å². The Morgan fingerprint density at radius 3 is 2.66 bits per heavy atom. The Labute approximate surface area is 169 Å². The predicted octanol–water partition coefficient (Wildman–Crippen LogP) is 1.84. The minimum absolute atomic E-state index is 0.0397. The van der Waals surface area contributed by atoms with Crippen LogP contribution in [-0.4, -0.2) is 45.4 Å². The molecule has 29 heavy (non-hydrogen) atoms. The van der Waals surface area contributed by atoms with Crippen LogP contribution in [0.2, 0.25) is 0 Å². The van der Waals surface area contributed by atoms with E-state index in [9.17, 15) is 9.59 Å². The summed E-state index contributed by atoms with van der Waals surface area (Å²) >= 11 is 0. The number of hydrogen-bond acceptors (Lipinski definition) is 4. The number of carbonyl (C=O) groups is 2. The van der Waals surface area contributed by atoms with Crippen LogP contribution in [0, 0.1) is 0 Å². The van der Waals surface area contributed by atoms with Gasteiger partial charge < -0.3 is 20.5 Å². The number of fused-ring (bicyclic) bond motifs is 1. The third kappa shape index (κ3) is 4.30. The van der Waals surface area contributed by atoms with E-state index < -0.39 is 6.04 Å². The van der Waals surface area contributed by atoms with Crippen molar-refractivity contribution in [3.05, 3.63) is 66.6 Å². The molecule has 4 rings (SSSR count). The fraction of sp³-hybridized carbons (Fsp3) is 0.318. The zero-order valence-electron chi connectivity index (χ0n) is 16.2. The average Bonchev–Trinajstić information content (AvgIpc) is 3.17. The summed E-state index contributed by atoms with van der Waals surface area (Å²) in [6.45, 7) is 1.55. The van der Waals surface area contributed by atoms with Crippen LogP contribution >= 0.6 is 0 Å². The molecule has 3 aromatic rings. The van der Waals surface area contributed by atoms with E-state index in [1.54, 1.807) is 12.4 Å². The van der Waals surface area contributed by atoms with Gasteiger partial charge in [0.2, 0.25) is 11.8 Å². The Morgan fingerprint density at radius 1 is 1.14 bits per heavy atom. The second-order valence-corrected chi connectivity index (χ2v) is 7.43. The van der Waals surface area contributed by atoms with Gasteiger partial charge in [0.05, 0.1) is 11.7 Å². The van der Waals surface area contributed by atoms with E-state index >= 15 is 0 Å². The molecule has 0 radical (unpaired) electrons. The van der Waals surface area contributed by atoms with Gasteiger partial charge in [-0.15, -0.1) is 0 Å². The Kier molecular flexibility index (Phi) is 5.57. The Morgan fingerprint density at radius 2 is 1.90 bits per heavy atom. The summed E-state index contributed by atoms with van der Waals surface area (Å²) < 4.78 is 1.93. The number of likely N-dealkylation sites (tertiary alicyclic amines) is 1. The van der Waals surface area contributed by atoms with Crippen molar-refractivity contribution >= 4 is 22.7 Å². The molecule has 1 aliphatic heterocycles. The van der Waals surface area contributed by atoms with Crippen molar-refractivity contribution in [1.82, 2.24) is 19.8 Å². The van der Waals surface area contributed by atoms with Gasteiger partial charge in [-0.2, -0.15) is 0 Å². The fourth-order valence-corrected chi connectivity index (χ4v) is 3.79. The maximum atomic E-state index is 12.7. The molecule has 1 aromatic carbocycles. The summed E-state index contributed by atoms with van der Waals surface area (Å²) in [5, 5.41) is 4.10. The van der Waals surface area contributed by atoms with Crippen molar-refractivity contribution in [3.63, 3.8) is 0 Å². The maximum absolute atomic E-state index is 12.7. The predicted molar refractivity (Wildman–Crippen MR) is 111 cm³/mol. The van der Waals surface area contributed by atoms with Crippen LogP contribution in [0.3, 0.4) is 0 Å². The lowest BCUT2D eigenvalue weighted by Gasteiger charge is -2.33. The van der Waals surface area contributed by atoms with E-state index in [0.717, 1.165) is 29.3 Å². The molecule has 7 nitrogen and oxygen atoms in total. The highest BCUT2D eigenvalue weighted by molar-refractivity contribution is 5.84. The second kappa shape index (κ2) is 8.45. The van der Waals surface area contributed by atoms with Gasteiger partial charge in [0, 0.05) is 36.9 Å². The molecule has 0 aliphatic carbocycles. The molecule has 1 atom stereocenters. The summed E-state index contributed by atoms with van der Waals surface area (Å²) in [4.78, 5) is 31.2. The molecule has 0 saturated carbocycles. The molecule has 2 amide bonds. The molecule has 0 spiro atoms. The largest absolute Gasteiger partial charge is 0.352 e. The number of rotatable bonds is 5. The van der Waals surface area contributed by atoms with Crippen LogP contribution in [0.5, 0.6) is 0 Å². The number of aromatic nitrogens is 2. The van der Waals surface area contributed by atoms with Gasteiger partial charge in [-0.3, -0.25) is 14.6 Å². The zero-order valence-corrected chi connectivity index (χ0v) is 16.2. The number of piperidine rings is 1. The van der Waals surface area contributed by atoms with Gasteiger partial charge in [0.25, 0.3) is 0 Å². The lowest BCUT2D eigenvalue weighted by Crippen LogP contribution is -2.49. The summed E-state index contributed by atoms with van der Waals surface area (Å²) in [5.41, 5.74) is 7.82. The Balaban J connectivity index is 1.29. The normalized spacial score (nSPS) is 16.0. The van der Waals surface area contributed by atoms with Crippen molar-refractivity contribution in [2.45, 2.75) is 31.5 Å². The van der Waals surface area contributed by atoms with Gasteiger partial charge in [-0.05, 0) is 30.5 Å². The second-order valence-electron chi connectivity index (χ2n) is 7.43. The Bertz CT molecular complexity index is 993. The number of pyridine rings is 1. The van der Waals surface area contributed by atoms with Gasteiger partial charge in [0.1, 0.15) is 12.6 Å². The number of hydrogen-bond donors (Lipinski definition) is 2. The van der Waals surface area contributed by atoms with E-state index in [1.165, 1.54) is 0 Å². The lowest BCUT2D eigenvalue weighted by atomic mass is 10.0. The first kappa shape index (κ1) is 19.1. The molecule has 1 unspecified atom stereocenters. The summed E-state index contributed by atoms with van der Waals surface area (Å²) in [5.74, 6) is -0.0931. The van der Waals surface area contributed by atoms with E-state index in [1.807, 2.05) is 58.1 Å². The highest BCUT2D eigenvalue weighted by Crippen LogP contribution is 2.17. The maximum Gasteiger partial charge on any atom is 0.242 e. The number of nitrogens with two attached hydrogens (primary N) is 1. The van der Waals surface area contributed by atoms with E-state index in [-0.39, 0.29) is 17.9 Å². The standard InChI is InChI=1S/C22H25N5O2/c23-21(17-4-2-1-3-5-17)22(29)25-18-8-12-26(13-9-18)20(28)15-27-11-7-16-6-10-24-14-19(16)27/h1-7,10-11,14,18,21H,8-9,12-13,15,23H2,(H,25,29). The first-order chi connectivity index (χ1) is 14.1. The van der Waals surface area contributed by atoms with Crippen LogP contribution in [0.15, 0.2) is 61.1 Å². The number of benzene rings is 1. The molecule has 150 valence electrons. The lowest BCUT2D eigenvalue weighted by molar-refractivity contribution is -0.133. The van der Waals surface area contributed by atoms with Crippen LogP contribution in [0.1, 0.15) is 24.4 Å². The molecule has 1 fully saturated rings. The fourth-order valence-electron chi connectivity index (χ4n) is 3.79. The minimum Gasteiger partial charge on any atom is -0.352 e. The summed E-state index contributed by atoms with van der Waals surface area (Å²) in [6, 6.07) is 12.6. The smallest absolute Gasteiger partial charge is 0.242 e. The molecule has 7 heteroatoms. The van der Waals surface area contributed by atoms with E-state index in [0.29, 0.717) is 19.6 Å². The molecule has 3 N–H and O–H groups in total. The number of nitrogens with one attached hydrogen (secondary N) is 1. The highest BCUT2D eigenvalue weighted by atomic mass is 16.2. The molecule has 0 bridgehead atoms. The first-order valence-corrected chi connectivity index (χ1v) is 9.89. The molecule has 1 aliphatic rings. The van der Waals surface area contributed by atoms with E-state index in [4.69, 9.17) is 5.73 Å². The molecule has 2 aromatic heterocycles. The number of amides is 2. The number of carbonyl (C=O) groups excluding carboxylic acids is 2. The van der Waals surface area contributed by atoms with E-state index in [2.05, 4.69) is 10.3 Å². The monoisotopic (exact) mass is 391 g/mol. The number of nitrogens with zero attached hydrogens (tertiary/aromatic N) is 3. The molecule has 1 saturated heterocycles. The van der Waals surface area contributed by atoms with Crippen LogP contribution < -0.4 is 11.1 Å². The van der Waals surface area contributed by atoms with Gasteiger partial charge in [0.15, 0.2) is 0 Å². The molecular formula is C22H25N5O2. The summed E-state index contributed by atoms with van der Waals surface area (Å²) in [6.07, 6.45) is 6.90. The van der Waals surface area contributed by atoms with Crippen molar-refractivity contribution in [2.75, 3.05) is 13.1 Å². The van der Waals surface area contributed by atoms with Gasteiger partial charge in [-0.1, -0.05) is 30.3 Å². The highest BCUT2D eigenvalue weighted by Gasteiger charge is 2.26. The topological polar surface area (TPSA) is 93.3 Å². The minimum atomic E-state index is -0.675. The third-order valence-corrected chi connectivity index (χ3v) is 5.52. The Hall–Kier alpha value is -3.19. The first-order valence-electron chi connectivity index (χ1n) is 9.89. The van der Waals surface area contributed by atoms with Crippen LogP contribution in [-0.2, 0) is 16.1 Å². The molecular weight excluding hydrogens is 366 g/mol. The van der Waals surface area contributed by atoms with Crippen molar-refractivity contribution in [3.8, 4) is 0 Å². The van der Waals surface area contributed by atoms with Gasteiger partial charge in [-0.25, -0.2) is 0 Å². The van der Waals surface area contributed by atoms with Crippen molar-refractivity contribution < 1.29 is 9.59 Å². The SMILES string of the molecule is NC(C(=O)NC1CCN(C(=O)Cn2ccc3ccncc32)CC1)c1ccccc1. The zero-order chi connectivity index (χ0) is 20.2.